The van der Waals surface area contributed by atoms with E-state index in [1.54, 1.807) is 0 Å². The Morgan fingerprint density at radius 1 is 1.36 bits per heavy atom. The zero-order valence-corrected chi connectivity index (χ0v) is 5.47. The first-order valence-electron chi connectivity index (χ1n) is 2.77. The van der Waals surface area contributed by atoms with E-state index < -0.39 is 11.2 Å². The van der Waals surface area contributed by atoms with Crippen LogP contribution in [0.25, 0.3) is 0 Å². The van der Waals surface area contributed by atoms with Gasteiger partial charge in [-0.3, -0.25) is 9.78 Å². The Morgan fingerprint density at radius 2 is 2.00 bits per heavy atom. The van der Waals surface area contributed by atoms with Crippen LogP contribution in [0.5, 0.6) is 0 Å². The molecule has 1 aromatic rings. The Bertz CT molecular complexity index is 388. The van der Waals surface area contributed by atoms with Crippen molar-refractivity contribution in [2.75, 3.05) is 5.73 Å². The number of nitrogen functional groups attached to an aromatic ring is 1. The molecule has 0 atom stereocenters. The predicted molar refractivity (Wildman–Crippen MR) is 40.0 cm³/mol. The lowest BCUT2D eigenvalue weighted by Gasteiger charge is -1.94. The highest BCUT2D eigenvalue weighted by Gasteiger charge is 2.00. The number of anilines is 1. The van der Waals surface area contributed by atoms with E-state index in [0.29, 0.717) is 0 Å². The van der Waals surface area contributed by atoms with Gasteiger partial charge >= 0.3 is 5.69 Å². The fourth-order valence-electron chi connectivity index (χ4n) is 0.627. The average Bonchev–Trinajstić information content (AvgIpc) is 1.96. The topological polar surface area (TPSA) is 116 Å². The van der Waals surface area contributed by atoms with Gasteiger partial charge < -0.3 is 16.1 Å². The van der Waals surface area contributed by atoms with Crippen LogP contribution in [0.2, 0.25) is 0 Å². The SMILES string of the molecule is N=Cc1[nH]c(=O)[nH]c(=O)c1N. The van der Waals surface area contributed by atoms with Crippen molar-refractivity contribution < 1.29 is 0 Å². The van der Waals surface area contributed by atoms with Crippen LogP contribution in [0.15, 0.2) is 9.59 Å². The lowest BCUT2D eigenvalue weighted by Crippen LogP contribution is -2.26. The van der Waals surface area contributed by atoms with E-state index in [9.17, 15) is 9.59 Å². The van der Waals surface area contributed by atoms with Gasteiger partial charge in [0.2, 0.25) is 0 Å². The minimum atomic E-state index is -0.674. The molecular weight excluding hydrogens is 148 g/mol. The third-order valence-electron chi connectivity index (χ3n) is 1.15. The highest BCUT2D eigenvalue weighted by molar-refractivity contribution is 5.81. The second-order valence-electron chi connectivity index (χ2n) is 1.88. The molecule has 1 heterocycles. The van der Waals surface area contributed by atoms with Gasteiger partial charge in [-0.25, -0.2) is 4.79 Å². The smallest absolute Gasteiger partial charge is 0.326 e. The summed E-state index contributed by atoms with van der Waals surface area (Å²) in [7, 11) is 0. The highest BCUT2D eigenvalue weighted by atomic mass is 16.2. The minimum absolute atomic E-state index is 0.0266. The second-order valence-corrected chi connectivity index (χ2v) is 1.88. The molecule has 0 aromatic carbocycles. The van der Waals surface area contributed by atoms with Crippen LogP contribution >= 0.6 is 0 Å². The van der Waals surface area contributed by atoms with Crippen LogP contribution in [0.4, 0.5) is 5.69 Å². The number of nitrogens with two attached hydrogens (primary N) is 1. The normalized spacial score (nSPS) is 9.45. The standard InChI is InChI=1S/C5H6N4O2/c6-1-2-3(7)4(10)9-5(11)8-2/h1,6H,7H2,(H2,8,9,10,11). The fourth-order valence-corrected chi connectivity index (χ4v) is 0.627. The largest absolute Gasteiger partial charge is 0.393 e. The molecule has 58 valence electrons. The molecule has 0 radical (unpaired) electrons. The van der Waals surface area contributed by atoms with Crippen molar-refractivity contribution in [1.29, 1.82) is 5.41 Å². The molecule has 6 nitrogen and oxygen atoms in total. The average molecular weight is 154 g/mol. The number of hydrogen-bond acceptors (Lipinski definition) is 4. The molecule has 0 unspecified atom stereocenters. The van der Waals surface area contributed by atoms with E-state index in [0.717, 1.165) is 6.21 Å². The lowest BCUT2D eigenvalue weighted by atomic mass is 10.4. The van der Waals surface area contributed by atoms with Gasteiger partial charge in [0.05, 0.1) is 5.69 Å². The lowest BCUT2D eigenvalue weighted by molar-refractivity contribution is 1.03. The van der Waals surface area contributed by atoms with Crippen molar-refractivity contribution in [1.82, 2.24) is 9.97 Å². The van der Waals surface area contributed by atoms with E-state index in [2.05, 4.69) is 4.98 Å². The van der Waals surface area contributed by atoms with Gasteiger partial charge in [-0.2, -0.15) is 0 Å². The molecular formula is C5H6N4O2. The highest BCUT2D eigenvalue weighted by Crippen LogP contribution is 1.91. The van der Waals surface area contributed by atoms with E-state index >= 15 is 0 Å². The summed E-state index contributed by atoms with van der Waals surface area (Å²) in [6.45, 7) is 0. The first kappa shape index (κ1) is 7.26. The molecule has 1 aromatic heterocycles. The molecule has 11 heavy (non-hydrogen) atoms. The van der Waals surface area contributed by atoms with Gasteiger partial charge in [0.15, 0.2) is 0 Å². The van der Waals surface area contributed by atoms with Crippen molar-refractivity contribution in [2.24, 2.45) is 0 Å². The molecule has 0 aliphatic heterocycles. The zero-order valence-electron chi connectivity index (χ0n) is 5.47. The summed E-state index contributed by atoms with van der Waals surface area (Å²) in [5.41, 5.74) is 3.73. The number of aromatic amines is 2. The molecule has 0 saturated heterocycles. The molecule has 1 rings (SSSR count). The van der Waals surface area contributed by atoms with Crippen molar-refractivity contribution in [3.8, 4) is 0 Å². The second kappa shape index (κ2) is 2.41. The van der Waals surface area contributed by atoms with Crippen LogP contribution in [0.3, 0.4) is 0 Å². The molecule has 0 amide bonds. The maximum Gasteiger partial charge on any atom is 0.326 e. The molecule has 5 N–H and O–H groups in total. The Kier molecular flexibility index (Phi) is 1.59. The number of rotatable bonds is 1. The molecule has 0 bridgehead atoms. The summed E-state index contributed by atoms with van der Waals surface area (Å²) in [4.78, 5) is 25.4. The number of H-pyrrole nitrogens is 2. The van der Waals surface area contributed by atoms with Crippen molar-refractivity contribution in [2.45, 2.75) is 0 Å². The summed E-state index contributed by atoms with van der Waals surface area (Å²) in [5.74, 6) is 0. The van der Waals surface area contributed by atoms with Crippen LogP contribution in [-0.2, 0) is 0 Å². The summed E-state index contributed by atoms with van der Waals surface area (Å²) in [6, 6.07) is 0. The summed E-state index contributed by atoms with van der Waals surface area (Å²) in [5, 5.41) is 6.75. The zero-order chi connectivity index (χ0) is 8.43. The maximum absolute atomic E-state index is 10.7. The number of nitrogens with one attached hydrogen (secondary N) is 3. The molecule has 0 aliphatic carbocycles. The van der Waals surface area contributed by atoms with E-state index in [4.69, 9.17) is 11.1 Å². The van der Waals surface area contributed by atoms with Crippen molar-refractivity contribution in [3.63, 3.8) is 0 Å². The molecule has 0 saturated carbocycles. The van der Waals surface area contributed by atoms with Gasteiger partial charge in [-0.1, -0.05) is 0 Å². The predicted octanol–water partition coefficient (Wildman–Crippen LogP) is -1.36. The van der Waals surface area contributed by atoms with Gasteiger partial charge in [-0.15, -0.1) is 0 Å². The summed E-state index contributed by atoms with van der Waals surface area (Å²) < 4.78 is 0. The fraction of sp³-hybridized carbons (Fsp3) is 0. The van der Waals surface area contributed by atoms with Crippen LogP contribution in [0, 0.1) is 5.41 Å². The molecule has 0 spiro atoms. The number of hydrogen-bond donors (Lipinski definition) is 4. The van der Waals surface area contributed by atoms with E-state index in [-0.39, 0.29) is 11.4 Å². The first-order chi connectivity index (χ1) is 5.15. The van der Waals surface area contributed by atoms with Gasteiger partial charge in [0.25, 0.3) is 5.56 Å². The van der Waals surface area contributed by atoms with Crippen molar-refractivity contribution in [3.05, 3.63) is 26.5 Å². The van der Waals surface area contributed by atoms with Gasteiger partial charge in [0.1, 0.15) is 5.69 Å². The first-order valence-corrected chi connectivity index (χ1v) is 2.77. The van der Waals surface area contributed by atoms with E-state index in [1.807, 2.05) is 4.98 Å². The Morgan fingerprint density at radius 3 is 2.55 bits per heavy atom. The van der Waals surface area contributed by atoms with Crippen LogP contribution < -0.4 is 17.0 Å². The summed E-state index contributed by atoms with van der Waals surface area (Å²) in [6.07, 6.45) is 0.811. The molecule has 6 heteroatoms. The third kappa shape index (κ3) is 1.18. The molecule has 0 fully saturated rings. The summed E-state index contributed by atoms with van der Waals surface area (Å²) >= 11 is 0. The van der Waals surface area contributed by atoms with Crippen LogP contribution in [-0.4, -0.2) is 16.2 Å². The van der Waals surface area contributed by atoms with Gasteiger partial charge in [-0.05, 0) is 0 Å². The van der Waals surface area contributed by atoms with Gasteiger partial charge in [0, 0.05) is 6.21 Å². The Hall–Kier alpha value is -1.85. The Labute approximate surface area is 60.6 Å². The maximum atomic E-state index is 10.7. The van der Waals surface area contributed by atoms with E-state index in [1.165, 1.54) is 0 Å². The third-order valence-corrected chi connectivity index (χ3v) is 1.15. The number of aromatic nitrogens is 2. The monoisotopic (exact) mass is 154 g/mol. The quantitative estimate of drug-likeness (QED) is 0.374. The Balaban J connectivity index is 3.61. The van der Waals surface area contributed by atoms with Crippen molar-refractivity contribution >= 4 is 11.9 Å². The van der Waals surface area contributed by atoms with Crippen LogP contribution in [0.1, 0.15) is 5.69 Å². The molecule has 0 aliphatic rings. The minimum Gasteiger partial charge on any atom is -0.393 e.